The minimum Gasteiger partial charge on any atom is -0.410 e. The standard InChI is InChI=1S/C28H25N3O3/c32-27(21-10-2-1-3-11-21)31-20-22-12-4-5-14-24(22)25-15-6-7-16-26(25)34-28(33)30-19-17-23-13-8-9-18-29-23/h1-16,18H,17,19-20H2,(H,30,33)(H,31,32). The summed E-state index contributed by atoms with van der Waals surface area (Å²) in [6.07, 6.45) is 1.81. The van der Waals surface area contributed by atoms with Gasteiger partial charge in [0.05, 0.1) is 0 Å². The lowest BCUT2D eigenvalue weighted by Gasteiger charge is -2.15. The molecule has 0 bridgehead atoms. The van der Waals surface area contributed by atoms with Crippen molar-refractivity contribution >= 4 is 12.0 Å². The number of hydrogen-bond acceptors (Lipinski definition) is 4. The van der Waals surface area contributed by atoms with Gasteiger partial charge in [0.25, 0.3) is 5.91 Å². The normalized spacial score (nSPS) is 10.4. The molecule has 2 N–H and O–H groups in total. The first kappa shape index (κ1) is 22.7. The maximum Gasteiger partial charge on any atom is 0.412 e. The van der Waals surface area contributed by atoms with Gasteiger partial charge in [0.15, 0.2) is 0 Å². The fourth-order valence-electron chi connectivity index (χ4n) is 3.56. The second kappa shape index (κ2) is 11.4. The summed E-state index contributed by atoms with van der Waals surface area (Å²) in [4.78, 5) is 29.2. The Hall–Kier alpha value is -4.45. The van der Waals surface area contributed by atoms with Crippen LogP contribution in [0.3, 0.4) is 0 Å². The van der Waals surface area contributed by atoms with Gasteiger partial charge in [0.2, 0.25) is 0 Å². The molecule has 0 fully saturated rings. The minimum absolute atomic E-state index is 0.146. The van der Waals surface area contributed by atoms with E-state index in [9.17, 15) is 9.59 Å². The Morgan fingerprint density at radius 2 is 1.44 bits per heavy atom. The quantitative estimate of drug-likeness (QED) is 0.395. The molecule has 0 aliphatic heterocycles. The van der Waals surface area contributed by atoms with Crippen LogP contribution in [-0.4, -0.2) is 23.5 Å². The molecule has 4 rings (SSSR count). The number of carbonyl (C=O) groups is 2. The van der Waals surface area contributed by atoms with Gasteiger partial charge in [-0.3, -0.25) is 9.78 Å². The molecule has 2 amide bonds. The predicted octanol–water partition coefficient (Wildman–Crippen LogP) is 5.01. The second-order valence-corrected chi connectivity index (χ2v) is 7.59. The number of nitrogens with one attached hydrogen (secondary N) is 2. The Balaban J connectivity index is 1.43. The highest BCUT2D eigenvalue weighted by Crippen LogP contribution is 2.32. The lowest BCUT2D eigenvalue weighted by molar-refractivity contribution is 0.0951. The highest BCUT2D eigenvalue weighted by Gasteiger charge is 2.14. The number of ether oxygens (including phenoxy) is 1. The third kappa shape index (κ3) is 6.07. The molecule has 0 saturated carbocycles. The van der Waals surface area contributed by atoms with Crippen LogP contribution in [0, 0.1) is 0 Å². The minimum atomic E-state index is -0.529. The van der Waals surface area contributed by atoms with Crippen LogP contribution in [0.5, 0.6) is 5.75 Å². The van der Waals surface area contributed by atoms with Crippen molar-refractivity contribution in [3.05, 3.63) is 120 Å². The maximum absolute atomic E-state index is 12.5. The second-order valence-electron chi connectivity index (χ2n) is 7.59. The fourth-order valence-corrected chi connectivity index (χ4v) is 3.56. The van der Waals surface area contributed by atoms with E-state index in [-0.39, 0.29) is 5.91 Å². The van der Waals surface area contributed by atoms with Crippen molar-refractivity contribution in [2.75, 3.05) is 6.54 Å². The summed E-state index contributed by atoms with van der Waals surface area (Å²) in [5, 5.41) is 5.74. The number of aromatic nitrogens is 1. The smallest absolute Gasteiger partial charge is 0.410 e. The number of benzene rings is 3. The molecule has 0 aliphatic rings. The SMILES string of the molecule is O=C(NCCc1ccccn1)Oc1ccccc1-c1ccccc1CNC(=O)c1ccccc1. The van der Waals surface area contributed by atoms with Crippen LogP contribution in [0.1, 0.15) is 21.6 Å². The topological polar surface area (TPSA) is 80.3 Å². The van der Waals surface area contributed by atoms with Gasteiger partial charge in [0, 0.05) is 42.5 Å². The number of pyridine rings is 1. The monoisotopic (exact) mass is 451 g/mol. The van der Waals surface area contributed by atoms with Crippen LogP contribution in [0.25, 0.3) is 11.1 Å². The Morgan fingerprint density at radius 3 is 2.24 bits per heavy atom. The van der Waals surface area contributed by atoms with E-state index in [4.69, 9.17) is 4.74 Å². The van der Waals surface area contributed by atoms with Gasteiger partial charge in [-0.25, -0.2) is 4.79 Å². The van der Waals surface area contributed by atoms with Gasteiger partial charge in [-0.1, -0.05) is 66.7 Å². The summed E-state index contributed by atoms with van der Waals surface area (Å²) in [5.74, 6) is 0.298. The van der Waals surface area contributed by atoms with Crippen LogP contribution in [0.4, 0.5) is 4.79 Å². The fraction of sp³-hybridized carbons (Fsp3) is 0.107. The lowest BCUT2D eigenvalue weighted by atomic mass is 9.98. The summed E-state index contributed by atoms with van der Waals surface area (Å²) in [6, 6.07) is 29.9. The first-order valence-electron chi connectivity index (χ1n) is 11.1. The zero-order chi connectivity index (χ0) is 23.6. The summed E-state index contributed by atoms with van der Waals surface area (Å²) >= 11 is 0. The van der Waals surface area contributed by atoms with Gasteiger partial charge in [-0.15, -0.1) is 0 Å². The number of amides is 2. The molecule has 3 aromatic carbocycles. The molecule has 34 heavy (non-hydrogen) atoms. The van der Waals surface area contributed by atoms with Gasteiger partial charge >= 0.3 is 6.09 Å². The molecule has 6 nitrogen and oxygen atoms in total. The number of hydrogen-bond donors (Lipinski definition) is 2. The van der Waals surface area contributed by atoms with Crippen LogP contribution >= 0.6 is 0 Å². The van der Waals surface area contributed by atoms with E-state index in [1.165, 1.54) is 0 Å². The van der Waals surface area contributed by atoms with Crippen molar-refractivity contribution in [3.8, 4) is 16.9 Å². The average Bonchev–Trinajstić information content (AvgIpc) is 2.89. The highest BCUT2D eigenvalue weighted by molar-refractivity contribution is 5.94. The zero-order valence-corrected chi connectivity index (χ0v) is 18.6. The van der Waals surface area contributed by atoms with Gasteiger partial charge in [-0.05, 0) is 41.5 Å². The van der Waals surface area contributed by atoms with Crippen molar-refractivity contribution in [3.63, 3.8) is 0 Å². The van der Waals surface area contributed by atoms with Gasteiger partial charge in [-0.2, -0.15) is 0 Å². The average molecular weight is 452 g/mol. The number of nitrogens with zero attached hydrogens (tertiary/aromatic N) is 1. The van der Waals surface area contributed by atoms with Crippen molar-refractivity contribution in [2.45, 2.75) is 13.0 Å². The molecule has 1 aromatic heterocycles. The molecule has 0 aliphatic carbocycles. The molecule has 170 valence electrons. The Morgan fingerprint density at radius 1 is 0.735 bits per heavy atom. The van der Waals surface area contributed by atoms with Crippen molar-refractivity contribution < 1.29 is 14.3 Å². The molecule has 1 heterocycles. The van der Waals surface area contributed by atoms with E-state index in [1.54, 1.807) is 24.4 Å². The largest absolute Gasteiger partial charge is 0.412 e. The third-order valence-electron chi connectivity index (χ3n) is 5.25. The van der Waals surface area contributed by atoms with Crippen LogP contribution < -0.4 is 15.4 Å². The highest BCUT2D eigenvalue weighted by atomic mass is 16.6. The van der Waals surface area contributed by atoms with Crippen LogP contribution in [0.2, 0.25) is 0 Å². The number of carbonyl (C=O) groups excluding carboxylic acids is 2. The van der Waals surface area contributed by atoms with Crippen molar-refractivity contribution in [1.82, 2.24) is 15.6 Å². The first-order valence-corrected chi connectivity index (χ1v) is 11.1. The Kier molecular flexibility index (Phi) is 7.64. The predicted molar refractivity (Wildman–Crippen MR) is 131 cm³/mol. The molecular formula is C28H25N3O3. The summed E-state index contributed by atoms with van der Waals surface area (Å²) < 4.78 is 5.63. The van der Waals surface area contributed by atoms with E-state index >= 15 is 0 Å². The lowest BCUT2D eigenvalue weighted by Crippen LogP contribution is -2.29. The molecule has 0 radical (unpaired) electrons. The van der Waals surface area contributed by atoms with E-state index in [1.807, 2.05) is 78.9 Å². The summed E-state index contributed by atoms with van der Waals surface area (Å²) in [6.45, 7) is 0.759. The molecular weight excluding hydrogens is 426 g/mol. The molecule has 0 spiro atoms. The van der Waals surface area contributed by atoms with Crippen molar-refractivity contribution in [1.29, 1.82) is 0 Å². The molecule has 0 unspecified atom stereocenters. The number of rotatable bonds is 8. The van der Waals surface area contributed by atoms with E-state index in [0.717, 1.165) is 22.4 Å². The number of para-hydroxylation sites is 1. The van der Waals surface area contributed by atoms with Gasteiger partial charge in [0.1, 0.15) is 5.75 Å². The maximum atomic E-state index is 12.5. The Bertz CT molecular complexity index is 1240. The van der Waals surface area contributed by atoms with Crippen LogP contribution in [-0.2, 0) is 13.0 Å². The summed E-state index contributed by atoms with van der Waals surface area (Å²) in [7, 11) is 0. The Labute approximate surface area is 198 Å². The molecule has 6 heteroatoms. The van der Waals surface area contributed by atoms with E-state index < -0.39 is 6.09 Å². The van der Waals surface area contributed by atoms with E-state index in [0.29, 0.717) is 30.8 Å². The zero-order valence-electron chi connectivity index (χ0n) is 18.6. The molecule has 0 atom stereocenters. The first-order chi connectivity index (χ1) is 16.7. The molecule has 4 aromatic rings. The van der Waals surface area contributed by atoms with E-state index in [2.05, 4.69) is 15.6 Å². The summed E-state index contributed by atoms with van der Waals surface area (Å²) in [5.41, 5.74) is 4.07. The third-order valence-corrected chi connectivity index (χ3v) is 5.25. The molecule has 0 saturated heterocycles. The van der Waals surface area contributed by atoms with Crippen LogP contribution in [0.15, 0.2) is 103 Å². The van der Waals surface area contributed by atoms with Gasteiger partial charge < -0.3 is 15.4 Å². The van der Waals surface area contributed by atoms with Crippen molar-refractivity contribution in [2.24, 2.45) is 0 Å².